The second-order valence-corrected chi connectivity index (χ2v) is 21.9. The average Bonchev–Trinajstić information content (AvgIpc) is 3.54. The fourth-order valence-electron chi connectivity index (χ4n) is 10.3. The molecule has 0 fully saturated rings. The zero-order chi connectivity index (χ0) is 57.8. The van der Waals surface area contributed by atoms with Crippen molar-refractivity contribution in [2.45, 2.75) is 84.7 Å². The molecule has 4 aliphatic heterocycles. The number of ether oxygens (including phenoxy) is 5. The second kappa shape index (κ2) is 24.7. The number of fused-ring (bicyclic) bond motifs is 4. The van der Waals surface area contributed by atoms with Crippen molar-refractivity contribution in [3.8, 4) is 40.2 Å². The minimum absolute atomic E-state index is 0.00693. The van der Waals surface area contributed by atoms with Crippen molar-refractivity contribution in [1.29, 1.82) is 0 Å². The molecule has 4 atom stereocenters. The van der Waals surface area contributed by atoms with E-state index < -0.39 is 18.0 Å². The van der Waals surface area contributed by atoms with Gasteiger partial charge in [-0.2, -0.15) is 0 Å². The monoisotopic (exact) mass is 1220 g/mol. The third kappa shape index (κ3) is 12.9. The summed E-state index contributed by atoms with van der Waals surface area (Å²) in [6.07, 6.45) is -0.468. The van der Waals surface area contributed by atoms with E-state index in [1.54, 1.807) is 43.3 Å². The van der Waals surface area contributed by atoms with Crippen LogP contribution in [0.25, 0.3) is 0 Å². The van der Waals surface area contributed by atoms with E-state index in [1.807, 2.05) is 68.4 Å². The first kappa shape index (κ1) is 57.5. The molecular formula is C66H56Br2F2O11. The van der Waals surface area contributed by atoms with E-state index in [4.69, 9.17) is 23.7 Å². The Morgan fingerprint density at radius 2 is 0.901 bits per heavy atom. The van der Waals surface area contributed by atoms with Crippen LogP contribution in [0, 0.1) is 46.3 Å². The van der Waals surface area contributed by atoms with Gasteiger partial charge in [-0.25, -0.2) is 8.78 Å². The summed E-state index contributed by atoms with van der Waals surface area (Å²) in [6, 6.07) is 41.7. The average molecular weight is 1220 g/mol. The molecule has 11 nitrogen and oxygen atoms in total. The van der Waals surface area contributed by atoms with Gasteiger partial charge in [-0.1, -0.05) is 92.5 Å². The first-order valence-electron chi connectivity index (χ1n) is 26.0. The molecule has 0 aliphatic carbocycles. The van der Waals surface area contributed by atoms with Gasteiger partial charge >= 0.3 is 0 Å². The van der Waals surface area contributed by atoms with E-state index in [1.165, 1.54) is 60.7 Å². The number of aromatic hydroxyl groups is 2. The first-order chi connectivity index (χ1) is 38.8. The predicted molar refractivity (Wildman–Crippen MR) is 310 cm³/mol. The van der Waals surface area contributed by atoms with E-state index in [2.05, 4.69) is 57.8 Å². The van der Waals surface area contributed by atoms with Gasteiger partial charge in [-0.05, 0) is 164 Å². The Labute approximate surface area is 484 Å². The summed E-state index contributed by atoms with van der Waals surface area (Å²) in [5.74, 6) is 1.57. The number of phenolic OH excluding ortho intramolecular Hbond substituents is 2. The first-order valence-corrected chi connectivity index (χ1v) is 27.6. The number of ketones is 4. The van der Waals surface area contributed by atoms with Crippen molar-refractivity contribution in [2.75, 3.05) is 7.11 Å². The highest BCUT2D eigenvalue weighted by molar-refractivity contribution is 9.10. The Balaban J connectivity index is 0.000000130. The number of hydrogen-bond acceptors (Lipinski definition) is 11. The summed E-state index contributed by atoms with van der Waals surface area (Å²) in [5, 5.41) is 19.1. The van der Waals surface area contributed by atoms with Gasteiger partial charge < -0.3 is 33.9 Å². The Hall–Kier alpha value is -8.14. The van der Waals surface area contributed by atoms with E-state index in [-0.39, 0.29) is 71.2 Å². The van der Waals surface area contributed by atoms with Crippen LogP contribution in [-0.2, 0) is 0 Å². The molecule has 2 N–H and O–H groups in total. The lowest BCUT2D eigenvalue weighted by molar-refractivity contribution is 0.0836. The van der Waals surface area contributed by atoms with Gasteiger partial charge in [0.2, 0.25) is 0 Å². The molecule has 4 unspecified atom stereocenters. The lowest BCUT2D eigenvalue weighted by atomic mass is 9.91. The molecule has 414 valence electrons. The van der Waals surface area contributed by atoms with Gasteiger partial charge in [0.15, 0.2) is 34.7 Å². The summed E-state index contributed by atoms with van der Waals surface area (Å²) < 4.78 is 57.6. The van der Waals surface area contributed by atoms with Crippen molar-refractivity contribution in [1.82, 2.24) is 0 Å². The highest BCUT2D eigenvalue weighted by Crippen LogP contribution is 2.43. The number of halogens is 4. The van der Waals surface area contributed by atoms with Crippen LogP contribution in [0.2, 0.25) is 0 Å². The van der Waals surface area contributed by atoms with Crippen LogP contribution in [0.4, 0.5) is 8.78 Å². The molecule has 0 aromatic heterocycles. The summed E-state index contributed by atoms with van der Waals surface area (Å²) in [5.41, 5.74) is 10.5. The highest BCUT2D eigenvalue weighted by atomic mass is 79.9. The van der Waals surface area contributed by atoms with Crippen LogP contribution in [0.5, 0.6) is 40.2 Å². The number of aryl methyl sites for hydroxylation is 5. The molecular weight excluding hydrogens is 1170 g/mol. The Morgan fingerprint density at radius 1 is 0.444 bits per heavy atom. The molecule has 0 radical (unpaired) electrons. The maximum atomic E-state index is 13.8. The molecule has 15 heteroatoms. The van der Waals surface area contributed by atoms with Crippen LogP contribution in [0.1, 0.15) is 142 Å². The standard InChI is InChI=1S/C17H15BrO2.C17H16O3.C16H12BrFO2.C16H13FO4/c1-10-4-3-5-11(2)17(10)16-9-14(19)13-8-12(18)6-7-15(13)20-16;1-10-5-3-4-6-12(10)17-9-15(19)13-8-14(18)11(2)7-16(13)20-17;1-9-2-4-11(18)7-12(9)16-8-14(19)13-6-10(17)3-5-15(13)20-16;1-20-16-10(3-2-4-12(16)17)15-8-13(19)11-7-9(18)5-6-14(11)21-15/h3-8,16H,9H2,1-2H3;3-8,17-18H,9H2,1-2H3;2-7,16H,8H2,1H3;2-7,15,18H,8H2,1H3. The number of phenols is 2. The van der Waals surface area contributed by atoms with Gasteiger partial charge in [-0.15, -0.1) is 0 Å². The lowest BCUT2D eigenvalue weighted by Crippen LogP contribution is -2.21. The number of carbonyl (C=O) groups is 4. The number of benzene rings is 8. The maximum Gasteiger partial charge on any atom is 0.170 e. The van der Waals surface area contributed by atoms with E-state index in [0.717, 1.165) is 36.8 Å². The summed E-state index contributed by atoms with van der Waals surface area (Å²) in [6.45, 7) is 9.82. The van der Waals surface area contributed by atoms with Crippen LogP contribution in [0.15, 0.2) is 155 Å². The normalized spacial score (nSPS) is 17.4. The number of para-hydroxylation sites is 1. The van der Waals surface area contributed by atoms with Gasteiger partial charge in [0.1, 0.15) is 64.7 Å². The SMILES string of the molecule is COc1c(F)cccc1C1CC(=O)c2cc(O)ccc2O1.Cc1cc2c(cc1O)C(=O)CC(c1ccccc1C)O2.Cc1ccc(F)cc1C1CC(=O)c2cc(Br)ccc2O1.Cc1cccc(C)c1C1CC(=O)c2cc(Br)ccc2O1. The Kier molecular flexibility index (Phi) is 17.5. The molecule has 0 saturated carbocycles. The van der Waals surface area contributed by atoms with Crippen LogP contribution >= 0.6 is 31.9 Å². The Morgan fingerprint density at radius 3 is 1.49 bits per heavy atom. The Bertz CT molecular complexity index is 3740. The summed E-state index contributed by atoms with van der Waals surface area (Å²) >= 11 is 6.74. The van der Waals surface area contributed by atoms with Gasteiger partial charge in [0, 0.05) is 14.5 Å². The van der Waals surface area contributed by atoms with Crippen molar-refractivity contribution < 1.29 is 61.9 Å². The van der Waals surface area contributed by atoms with E-state index in [9.17, 15) is 38.2 Å². The van der Waals surface area contributed by atoms with Crippen molar-refractivity contribution in [3.63, 3.8) is 0 Å². The zero-order valence-corrected chi connectivity index (χ0v) is 48.2. The highest BCUT2D eigenvalue weighted by Gasteiger charge is 2.34. The van der Waals surface area contributed by atoms with Gasteiger partial charge in [-0.3, -0.25) is 19.2 Å². The second-order valence-electron chi connectivity index (χ2n) is 20.1. The van der Waals surface area contributed by atoms with Gasteiger partial charge in [0.05, 0.1) is 55.0 Å². The van der Waals surface area contributed by atoms with Crippen molar-refractivity contribution in [3.05, 3.63) is 238 Å². The summed E-state index contributed by atoms with van der Waals surface area (Å²) in [7, 11) is 1.37. The van der Waals surface area contributed by atoms with Crippen molar-refractivity contribution >= 4 is 55.0 Å². The quantitative estimate of drug-likeness (QED) is 0.169. The fraction of sp³-hybridized carbons (Fsp3) is 0.212. The van der Waals surface area contributed by atoms with E-state index in [0.29, 0.717) is 69.2 Å². The van der Waals surface area contributed by atoms with Gasteiger partial charge in [0.25, 0.3) is 0 Å². The van der Waals surface area contributed by atoms with Crippen LogP contribution in [-0.4, -0.2) is 40.5 Å². The smallest absolute Gasteiger partial charge is 0.170 e. The maximum absolute atomic E-state index is 13.8. The lowest BCUT2D eigenvalue weighted by Gasteiger charge is -2.27. The molecule has 8 aromatic carbocycles. The minimum Gasteiger partial charge on any atom is -0.508 e. The number of methoxy groups -OCH3 is 1. The fourth-order valence-corrected chi connectivity index (χ4v) is 11.0. The molecule has 8 aromatic rings. The third-order valence-electron chi connectivity index (χ3n) is 14.4. The number of rotatable bonds is 5. The minimum atomic E-state index is -0.611. The molecule has 0 amide bonds. The predicted octanol–water partition coefficient (Wildman–Crippen LogP) is 16.3. The molecule has 0 bridgehead atoms. The van der Waals surface area contributed by atoms with E-state index >= 15 is 0 Å². The molecule has 81 heavy (non-hydrogen) atoms. The molecule has 0 saturated heterocycles. The van der Waals surface area contributed by atoms with Crippen LogP contribution in [0.3, 0.4) is 0 Å². The third-order valence-corrected chi connectivity index (χ3v) is 15.4. The zero-order valence-electron chi connectivity index (χ0n) is 45.1. The number of Topliss-reactive ketones (excluding diaryl/α,β-unsaturated/α-hetero) is 4. The molecule has 4 aliphatic rings. The number of carbonyl (C=O) groups excluding carboxylic acids is 4. The van der Waals surface area contributed by atoms with Crippen molar-refractivity contribution in [2.24, 2.45) is 0 Å². The molecule has 12 rings (SSSR count). The largest absolute Gasteiger partial charge is 0.508 e. The number of hydrogen-bond donors (Lipinski definition) is 2. The summed E-state index contributed by atoms with van der Waals surface area (Å²) in [4.78, 5) is 49.0. The molecule has 0 spiro atoms. The topological polar surface area (TPSA) is 155 Å². The van der Waals surface area contributed by atoms with Crippen LogP contribution < -0.4 is 23.7 Å². The molecule has 4 heterocycles.